The van der Waals surface area contributed by atoms with Crippen molar-refractivity contribution >= 4 is 14.8 Å². The number of hydroxylamine groups is 1. The van der Waals surface area contributed by atoms with E-state index in [0.717, 1.165) is 6.08 Å². The van der Waals surface area contributed by atoms with Gasteiger partial charge in [-0.2, -0.15) is 5.48 Å². The fourth-order valence-corrected chi connectivity index (χ4v) is 4.63. The van der Waals surface area contributed by atoms with Gasteiger partial charge in [-0.25, -0.2) is 4.79 Å². The highest BCUT2D eigenvalue weighted by molar-refractivity contribution is 6.62. The topological polar surface area (TPSA) is 86.3 Å². The minimum atomic E-state index is -2.86. The SMILES string of the molecule is C=CC(=O)ONCCC(CC(C)O)[Si](OC)(OC)OC. The molecule has 2 unspecified atom stereocenters. The zero-order chi connectivity index (χ0) is 15.6. The quantitative estimate of drug-likeness (QED) is 0.250. The Kier molecular flexibility index (Phi) is 9.64. The van der Waals surface area contributed by atoms with E-state index in [0.29, 0.717) is 19.4 Å². The van der Waals surface area contributed by atoms with E-state index >= 15 is 0 Å². The summed E-state index contributed by atoms with van der Waals surface area (Å²) in [5, 5.41) is 9.59. The molecule has 0 amide bonds. The Morgan fingerprint density at radius 2 is 1.90 bits per heavy atom. The molecule has 0 aromatic rings. The summed E-state index contributed by atoms with van der Waals surface area (Å²) < 4.78 is 16.3. The number of rotatable bonds is 11. The van der Waals surface area contributed by atoms with Crippen LogP contribution < -0.4 is 5.48 Å². The number of nitrogens with one attached hydrogen (secondary N) is 1. The molecule has 0 saturated carbocycles. The van der Waals surface area contributed by atoms with Crippen LogP contribution in [0.4, 0.5) is 0 Å². The van der Waals surface area contributed by atoms with Gasteiger partial charge in [0.25, 0.3) is 0 Å². The Hall–Kier alpha value is -0.773. The zero-order valence-electron chi connectivity index (χ0n) is 12.5. The van der Waals surface area contributed by atoms with E-state index < -0.39 is 20.9 Å². The van der Waals surface area contributed by atoms with Crippen LogP contribution in [-0.2, 0) is 22.9 Å². The number of aliphatic hydroxyl groups excluding tert-OH is 1. The van der Waals surface area contributed by atoms with Crippen molar-refractivity contribution in [3.05, 3.63) is 12.7 Å². The summed E-state index contributed by atoms with van der Waals surface area (Å²) >= 11 is 0. The van der Waals surface area contributed by atoms with Gasteiger partial charge >= 0.3 is 14.8 Å². The standard InChI is InChI=1S/C12H25NO6Si/c1-6-12(15)19-13-8-7-11(9-10(2)14)20(16-3,17-4)18-5/h6,10-11,13-14H,1,7-9H2,2-5H3. The summed E-state index contributed by atoms with van der Waals surface area (Å²) in [5.41, 5.74) is 2.42. The van der Waals surface area contributed by atoms with Crippen LogP contribution in [0.15, 0.2) is 12.7 Å². The van der Waals surface area contributed by atoms with Gasteiger partial charge in [0, 0.05) is 39.5 Å². The molecule has 0 aromatic carbocycles. The van der Waals surface area contributed by atoms with Crippen LogP contribution in [0.1, 0.15) is 19.8 Å². The van der Waals surface area contributed by atoms with Crippen molar-refractivity contribution in [3.8, 4) is 0 Å². The molecule has 0 aliphatic rings. The van der Waals surface area contributed by atoms with E-state index in [2.05, 4.69) is 16.9 Å². The molecule has 0 spiro atoms. The Morgan fingerprint density at radius 1 is 1.35 bits per heavy atom. The van der Waals surface area contributed by atoms with Crippen molar-refractivity contribution in [2.24, 2.45) is 0 Å². The van der Waals surface area contributed by atoms with E-state index in [4.69, 9.17) is 13.3 Å². The lowest BCUT2D eigenvalue weighted by atomic mass is 10.1. The molecule has 7 nitrogen and oxygen atoms in total. The zero-order valence-corrected chi connectivity index (χ0v) is 13.5. The molecule has 20 heavy (non-hydrogen) atoms. The molecule has 0 aromatic heterocycles. The third kappa shape index (κ3) is 6.12. The first-order chi connectivity index (χ1) is 9.45. The first-order valence-electron chi connectivity index (χ1n) is 6.35. The number of hydrogen-bond donors (Lipinski definition) is 2. The third-order valence-corrected chi connectivity index (χ3v) is 6.14. The van der Waals surface area contributed by atoms with Gasteiger partial charge < -0.3 is 23.2 Å². The molecule has 0 aliphatic heterocycles. The molecule has 0 radical (unpaired) electrons. The molecule has 2 atom stereocenters. The number of hydrogen-bond acceptors (Lipinski definition) is 7. The molecule has 2 N–H and O–H groups in total. The van der Waals surface area contributed by atoms with Crippen LogP contribution >= 0.6 is 0 Å². The smallest absolute Gasteiger partial charge is 0.393 e. The Labute approximate surface area is 121 Å². The summed E-state index contributed by atoms with van der Waals surface area (Å²) in [6.45, 7) is 5.38. The lowest BCUT2D eigenvalue weighted by Gasteiger charge is -2.33. The Balaban J connectivity index is 4.55. The molecule has 0 bridgehead atoms. The van der Waals surface area contributed by atoms with Gasteiger partial charge in [-0.15, -0.1) is 0 Å². The Morgan fingerprint density at radius 3 is 2.30 bits per heavy atom. The van der Waals surface area contributed by atoms with Crippen LogP contribution in [-0.4, -0.2) is 53.9 Å². The van der Waals surface area contributed by atoms with Crippen molar-refractivity contribution in [3.63, 3.8) is 0 Å². The maximum absolute atomic E-state index is 10.9. The molecule has 118 valence electrons. The molecule has 0 heterocycles. The van der Waals surface area contributed by atoms with Crippen LogP contribution in [0.5, 0.6) is 0 Å². The summed E-state index contributed by atoms with van der Waals surface area (Å²) in [6.07, 6.45) is 1.59. The van der Waals surface area contributed by atoms with Crippen molar-refractivity contribution in [1.29, 1.82) is 0 Å². The van der Waals surface area contributed by atoms with Gasteiger partial charge in [0.15, 0.2) is 0 Å². The molecule has 0 aliphatic carbocycles. The summed E-state index contributed by atoms with van der Waals surface area (Å²) in [7, 11) is 1.73. The van der Waals surface area contributed by atoms with Crippen molar-refractivity contribution in [2.45, 2.75) is 31.4 Å². The van der Waals surface area contributed by atoms with Crippen molar-refractivity contribution in [2.75, 3.05) is 27.9 Å². The normalized spacial score (nSPS) is 14.7. The van der Waals surface area contributed by atoms with Crippen LogP contribution in [0.25, 0.3) is 0 Å². The van der Waals surface area contributed by atoms with E-state index in [1.165, 1.54) is 21.3 Å². The molecule has 0 fully saturated rings. The molecular weight excluding hydrogens is 282 g/mol. The predicted octanol–water partition coefficient (Wildman–Crippen LogP) is 0.630. The second-order valence-electron chi connectivity index (χ2n) is 4.31. The van der Waals surface area contributed by atoms with E-state index in [9.17, 15) is 9.90 Å². The first-order valence-corrected chi connectivity index (χ1v) is 8.15. The second kappa shape index (κ2) is 10.0. The van der Waals surface area contributed by atoms with Gasteiger partial charge in [-0.3, -0.25) is 0 Å². The predicted molar refractivity (Wildman–Crippen MR) is 75.7 cm³/mol. The highest BCUT2D eigenvalue weighted by Gasteiger charge is 2.47. The number of aliphatic hydroxyl groups is 1. The average molecular weight is 307 g/mol. The molecule has 0 saturated heterocycles. The average Bonchev–Trinajstić information content (AvgIpc) is 2.44. The van der Waals surface area contributed by atoms with E-state index in [1.807, 2.05) is 0 Å². The lowest BCUT2D eigenvalue weighted by molar-refractivity contribution is -0.144. The van der Waals surface area contributed by atoms with Crippen LogP contribution in [0, 0.1) is 0 Å². The highest BCUT2D eigenvalue weighted by atomic mass is 28.4. The van der Waals surface area contributed by atoms with Crippen LogP contribution in [0.2, 0.25) is 5.54 Å². The van der Waals surface area contributed by atoms with Crippen LogP contribution in [0.3, 0.4) is 0 Å². The Bertz CT molecular complexity index is 287. The lowest BCUT2D eigenvalue weighted by Crippen LogP contribution is -2.49. The fraction of sp³-hybridized carbons (Fsp3) is 0.750. The van der Waals surface area contributed by atoms with E-state index in [1.54, 1.807) is 6.92 Å². The van der Waals surface area contributed by atoms with Gasteiger partial charge in [0.1, 0.15) is 0 Å². The van der Waals surface area contributed by atoms with Gasteiger partial charge in [0.2, 0.25) is 0 Å². The number of carbonyl (C=O) groups excluding carboxylic acids is 1. The van der Waals surface area contributed by atoms with Crippen molar-refractivity contribution < 1.29 is 28.0 Å². The molecule has 0 rings (SSSR count). The largest absolute Gasteiger partial charge is 0.503 e. The maximum atomic E-state index is 10.9. The minimum Gasteiger partial charge on any atom is -0.393 e. The monoisotopic (exact) mass is 307 g/mol. The highest BCUT2D eigenvalue weighted by Crippen LogP contribution is 2.31. The summed E-state index contributed by atoms with van der Waals surface area (Å²) in [5.74, 6) is -0.550. The summed E-state index contributed by atoms with van der Waals surface area (Å²) in [4.78, 5) is 15.6. The first kappa shape index (κ1) is 19.2. The molecular formula is C12H25NO6Si. The molecule has 8 heteroatoms. The second-order valence-corrected chi connectivity index (χ2v) is 7.55. The number of carbonyl (C=O) groups is 1. The maximum Gasteiger partial charge on any atom is 0.503 e. The van der Waals surface area contributed by atoms with Gasteiger partial charge in [-0.1, -0.05) is 6.58 Å². The third-order valence-electron chi connectivity index (χ3n) is 2.91. The van der Waals surface area contributed by atoms with Crippen molar-refractivity contribution in [1.82, 2.24) is 5.48 Å². The summed E-state index contributed by atoms with van der Waals surface area (Å²) in [6, 6.07) is 0. The van der Waals surface area contributed by atoms with Gasteiger partial charge in [-0.05, 0) is 19.8 Å². The van der Waals surface area contributed by atoms with Gasteiger partial charge in [0.05, 0.1) is 6.10 Å². The minimum absolute atomic E-state index is 0.113. The van der Waals surface area contributed by atoms with E-state index in [-0.39, 0.29) is 5.54 Å². The fourth-order valence-electron chi connectivity index (χ4n) is 2.00.